The molecule has 2 rings (SSSR count). The van der Waals surface area contributed by atoms with Crippen molar-refractivity contribution in [3.05, 3.63) is 35.4 Å². The predicted octanol–water partition coefficient (Wildman–Crippen LogP) is 2.34. The lowest BCUT2D eigenvalue weighted by Gasteiger charge is -2.27. The molecule has 0 spiro atoms. The summed E-state index contributed by atoms with van der Waals surface area (Å²) >= 11 is 0. The number of carbonyl (C=O) groups excluding carboxylic acids is 1. The molecule has 0 saturated carbocycles. The minimum Gasteiger partial charge on any atom is -0.341 e. The van der Waals surface area contributed by atoms with Crippen molar-refractivity contribution in [1.29, 1.82) is 0 Å². The molecule has 112 valence electrons. The zero-order valence-corrected chi connectivity index (χ0v) is 12.2. The monoisotopic (exact) mass is 304 g/mol. The molecule has 0 bridgehead atoms. The number of rotatable bonds is 3. The van der Waals surface area contributed by atoms with Crippen LogP contribution in [0.4, 0.5) is 8.78 Å². The Morgan fingerprint density at radius 3 is 2.80 bits per heavy atom. The van der Waals surface area contributed by atoms with Gasteiger partial charge in [0, 0.05) is 31.8 Å². The second-order valence-electron chi connectivity index (χ2n) is 4.97. The molecule has 0 aromatic heterocycles. The zero-order valence-electron chi connectivity index (χ0n) is 11.4. The third-order valence-electron chi connectivity index (χ3n) is 3.44. The van der Waals surface area contributed by atoms with E-state index in [2.05, 4.69) is 5.32 Å². The van der Waals surface area contributed by atoms with Crippen molar-refractivity contribution in [3.8, 4) is 0 Å². The van der Waals surface area contributed by atoms with Crippen LogP contribution in [0, 0.1) is 17.6 Å². The van der Waals surface area contributed by atoms with Crippen LogP contribution in [0.25, 0.3) is 0 Å². The first kappa shape index (κ1) is 16.9. The number of hydrogen-bond acceptors (Lipinski definition) is 2. The van der Waals surface area contributed by atoms with E-state index in [9.17, 15) is 13.6 Å². The van der Waals surface area contributed by atoms with Gasteiger partial charge in [0.05, 0.1) is 5.92 Å². The maximum Gasteiger partial charge on any atom is 0.227 e. The summed E-state index contributed by atoms with van der Waals surface area (Å²) in [5.74, 6) is -1.24. The van der Waals surface area contributed by atoms with Crippen molar-refractivity contribution >= 4 is 18.3 Å². The van der Waals surface area contributed by atoms with Crippen LogP contribution in [0.3, 0.4) is 0 Å². The fourth-order valence-electron chi connectivity index (χ4n) is 2.36. The highest BCUT2D eigenvalue weighted by atomic mass is 35.5. The lowest BCUT2D eigenvalue weighted by Crippen LogP contribution is -2.41. The van der Waals surface area contributed by atoms with Crippen molar-refractivity contribution < 1.29 is 13.6 Å². The fraction of sp³-hybridized carbons (Fsp3) is 0.500. The summed E-state index contributed by atoms with van der Waals surface area (Å²) in [5.41, 5.74) is 0.334. The quantitative estimate of drug-likeness (QED) is 0.929. The van der Waals surface area contributed by atoms with E-state index >= 15 is 0 Å². The minimum absolute atomic E-state index is 0. The number of nitrogens with zero attached hydrogens (tertiary/aromatic N) is 1. The number of benzene rings is 1. The highest BCUT2D eigenvalue weighted by molar-refractivity contribution is 5.85. The third kappa shape index (κ3) is 4.15. The maximum absolute atomic E-state index is 13.5. The van der Waals surface area contributed by atoms with Gasteiger partial charge in [-0.2, -0.15) is 0 Å². The Morgan fingerprint density at radius 1 is 1.45 bits per heavy atom. The molecule has 6 heteroatoms. The van der Waals surface area contributed by atoms with Crippen LogP contribution in [-0.4, -0.2) is 30.9 Å². The second-order valence-corrected chi connectivity index (χ2v) is 4.97. The van der Waals surface area contributed by atoms with Gasteiger partial charge in [-0.3, -0.25) is 4.79 Å². The number of carbonyl (C=O) groups is 1. The van der Waals surface area contributed by atoms with Crippen LogP contribution in [-0.2, 0) is 11.3 Å². The Morgan fingerprint density at radius 2 is 2.20 bits per heavy atom. The Hall–Kier alpha value is -1.20. The normalized spacial score (nSPS) is 18.2. The van der Waals surface area contributed by atoms with E-state index in [4.69, 9.17) is 0 Å². The molecule has 1 fully saturated rings. The van der Waals surface area contributed by atoms with Crippen molar-refractivity contribution in [2.45, 2.75) is 19.4 Å². The third-order valence-corrected chi connectivity index (χ3v) is 3.44. The van der Waals surface area contributed by atoms with E-state index in [-0.39, 0.29) is 30.8 Å². The smallest absolute Gasteiger partial charge is 0.227 e. The van der Waals surface area contributed by atoms with Crippen LogP contribution < -0.4 is 5.32 Å². The highest BCUT2D eigenvalue weighted by Crippen LogP contribution is 2.16. The van der Waals surface area contributed by atoms with Gasteiger partial charge in [-0.1, -0.05) is 6.07 Å². The zero-order chi connectivity index (χ0) is 13.8. The first-order chi connectivity index (χ1) is 9.08. The predicted molar refractivity (Wildman–Crippen MR) is 75.7 cm³/mol. The molecule has 3 nitrogen and oxygen atoms in total. The Balaban J connectivity index is 0.00000200. The molecule has 1 atom stereocenters. The van der Waals surface area contributed by atoms with Gasteiger partial charge in [0.25, 0.3) is 0 Å². The number of halogens is 3. The molecule has 1 unspecified atom stereocenters. The Labute approximate surface area is 123 Å². The second kappa shape index (κ2) is 7.55. The molecule has 1 aliphatic heterocycles. The number of piperidine rings is 1. The molecule has 1 aromatic rings. The first-order valence-electron chi connectivity index (χ1n) is 6.47. The fourth-order valence-corrected chi connectivity index (χ4v) is 2.36. The molecule has 1 aliphatic rings. The summed E-state index contributed by atoms with van der Waals surface area (Å²) < 4.78 is 26.3. The standard InChI is InChI=1S/C14H18F2N2O.ClH/c1-18(14(19)10-3-2-6-17-8-10)9-11-4-5-12(15)7-13(11)16;/h4-5,7,10,17H,2-3,6,8-9H2,1H3;1H. The van der Waals surface area contributed by atoms with E-state index in [0.29, 0.717) is 12.1 Å². The van der Waals surface area contributed by atoms with Crippen LogP contribution in [0.1, 0.15) is 18.4 Å². The summed E-state index contributed by atoms with van der Waals surface area (Å²) in [6.07, 6.45) is 1.84. The molecule has 20 heavy (non-hydrogen) atoms. The number of hydrogen-bond donors (Lipinski definition) is 1. The summed E-state index contributed by atoms with van der Waals surface area (Å²) in [7, 11) is 1.65. The molecule has 1 heterocycles. The summed E-state index contributed by atoms with van der Waals surface area (Å²) in [6.45, 7) is 1.79. The topological polar surface area (TPSA) is 32.3 Å². The van der Waals surface area contributed by atoms with Crippen molar-refractivity contribution in [2.24, 2.45) is 5.92 Å². The lowest BCUT2D eigenvalue weighted by atomic mass is 9.98. The molecule has 0 aliphatic carbocycles. The van der Waals surface area contributed by atoms with Crippen LogP contribution in [0.15, 0.2) is 18.2 Å². The van der Waals surface area contributed by atoms with Gasteiger partial charge in [0.1, 0.15) is 11.6 Å². The van der Waals surface area contributed by atoms with Gasteiger partial charge < -0.3 is 10.2 Å². The van der Waals surface area contributed by atoms with Gasteiger partial charge in [0.2, 0.25) is 5.91 Å². The molecular weight excluding hydrogens is 286 g/mol. The van der Waals surface area contributed by atoms with Crippen molar-refractivity contribution in [3.63, 3.8) is 0 Å². The van der Waals surface area contributed by atoms with E-state index in [1.165, 1.54) is 17.0 Å². The van der Waals surface area contributed by atoms with Crippen molar-refractivity contribution in [1.82, 2.24) is 10.2 Å². The van der Waals surface area contributed by atoms with Crippen molar-refractivity contribution in [2.75, 3.05) is 20.1 Å². The first-order valence-corrected chi connectivity index (χ1v) is 6.47. The lowest BCUT2D eigenvalue weighted by molar-refractivity contribution is -0.135. The number of amides is 1. The van der Waals surface area contributed by atoms with Crippen LogP contribution >= 0.6 is 12.4 Å². The average molecular weight is 305 g/mol. The van der Waals surface area contributed by atoms with Gasteiger partial charge in [0.15, 0.2) is 0 Å². The molecule has 1 N–H and O–H groups in total. The Kier molecular flexibility index (Phi) is 6.36. The molecule has 0 radical (unpaired) electrons. The van der Waals surface area contributed by atoms with Gasteiger partial charge in [-0.05, 0) is 25.5 Å². The van der Waals surface area contributed by atoms with Gasteiger partial charge >= 0.3 is 0 Å². The SMILES string of the molecule is CN(Cc1ccc(F)cc1F)C(=O)C1CCCNC1.Cl. The van der Waals surface area contributed by atoms with Gasteiger partial charge in [-0.15, -0.1) is 12.4 Å². The summed E-state index contributed by atoms with van der Waals surface area (Å²) in [5, 5.41) is 3.18. The molecular formula is C14H19ClF2N2O. The largest absolute Gasteiger partial charge is 0.341 e. The van der Waals surface area contributed by atoms with E-state index in [1.54, 1.807) is 7.05 Å². The highest BCUT2D eigenvalue weighted by Gasteiger charge is 2.24. The molecule has 1 aromatic carbocycles. The summed E-state index contributed by atoms with van der Waals surface area (Å²) in [6, 6.07) is 3.43. The average Bonchev–Trinajstić information content (AvgIpc) is 2.42. The molecule has 1 amide bonds. The van der Waals surface area contributed by atoms with Crippen LogP contribution in [0.2, 0.25) is 0 Å². The van der Waals surface area contributed by atoms with E-state index < -0.39 is 11.6 Å². The summed E-state index contributed by atoms with van der Waals surface area (Å²) in [4.78, 5) is 13.7. The Bertz CT molecular complexity index is 464. The van der Waals surface area contributed by atoms with Gasteiger partial charge in [-0.25, -0.2) is 8.78 Å². The van der Waals surface area contributed by atoms with E-state index in [1.807, 2.05) is 0 Å². The van der Waals surface area contributed by atoms with E-state index in [0.717, 1.165) is 25.5 Å². The minimum atomic E-state index is -0.610. The maximum atomic E-state index is 13.5. The molecule has 1 saturated heterocycles. The number of nitrogens with one attached hydrogen (secondary N) is 1. The van der Waals surface area contributed by atoms with Crippen LogP contribution in [0.5, 0.6) is 0 Å².